The highest BCUT2D eigenvalue weighted by Gasteiger charge is 2.23. The maximum atomic E-state index is 12.5. The summed E-state index contributed by atoms with van der Waals surface area (Å²) in [6, 6.07) is 7.00. The number of anilines is 1. The van der Waals surface area contributed by atoms with Crippen molar-refractivity contribution in [2.75, 3.05) is 18.5 Å². The Morgan fingerprint density at radius 2 is 1.83 bits per heavy atom. The van der Waals surface area contributed by atoms with Crippen LogP contribution in [0.4, 0.5) is 5.69 Å². The molecule has 0 saturated carbocycles. The van der Waals surface area contributed by atoms with Crippen molar-refractivity contribution in [2.45, 2.75) is 47.0 Å². The van der Waals surface area contributed by atoms with Gasteiger partial charge in [0.2, 0.25) is 5.91 Å². The lowest BCUT2D eigenvalue weighted by Crippen LogP contribution is -2.32. The molecule has 0 aliphatic heterocycles. The van der Waals surface area contributed by atoms with Crippen LogP contribution < -0.4 is 10.6 Å². The van der Waals surface area contributed by atoms with Crippen LogP contribution in [0.1, 0.15) is 57.3 Å². The predicted octanol–water partition coefficient (Wildman–Crippen LogP) is 3.20. The van der Waals surface area contributed by atoms with E-state index in [1.165, 1.54) is 0 Å². The van der Waals surface area contributed by atoms with E-state index in [2.05, 4.69) is 17.6 Å². The molecule has 5 heteroatoms. The van der Waals surface area contributed by atoms with E-state index in [9.17, 15) is 9.59 Å². The molecule has 5 nitrogen and oxygen atoms in total. The number of aliphatic hydroxyl groups is 1. The Kier molecular flexibility index (Phi) is 7.92. The predicted molar refractivity (Wildman–Crippen MR) is 97.0 cm³/mol. The Bertz CT molecular complexity index is 544. The van der Waals surface area contributed by atoms with Crippen molar-refractivity contribution in [1.29, 1.82) is 0 Å². The maximum Gasteiger partial charge on any atom is 0.253 e. The van der Waals surface area contributed by atoms with E-state index in [0.29, 0.717) is 24.2 Å². The zero-order valence-electron chi connectivity index (χ0n) is 15.2. The number of rotatable bonds is 8. The van der Waals surface area contributed by atoms with E-state index in [1.807, 2.05) is 20.8 Å². The third kappa shape index (κ3) is 6.32. The molecule has 0 spiro atoms. The molecule has 0 radical (unpaired) electrons. The van der Waals surface area contributed by atoms with Gasteiger partial charge in [0.1, 0.15) is 0 Å². The number of hydrogen-bond donors (Lipinski definition) is 3. The number of amides is 2. The van der Waals surface area contributed by atoms with E-state index < -0.39 is 5.41 Å². The second kappa shape index (κ2) is 9.42. The summed E-state index contributed by atoms with van der Waals surface area (Å²) in [4.78, 5) is 24.7. The quantitative estimate of drug-likeness (QED) is 0.683. The molecule has 3 N–H and O–H groups in total. The first-order valence-corrected chi connectivity index (χ1v) is 8.59. The highest BCUT2D eigenvalue weighted by Crippen LogP contribution is 2.20. The Balaban J connectivity index is 2.79. The van der Waals surface area contributed by atoms with Crippen molar-refractivity contribution in [3.05, 3.63) is 29.8 Å². The molecule has 1 aromatic rings. The van der Waals surface area contributed by atoms with Crippen molar-refractivity contribution >= 4 is 17.5 Å². The lowest BCUT2D eigenvalue weighted by molar-refractivity contribution is -0.123. The van der Waals surface area contributed by atoms with Crippen LogP contribution in [0.15, 0.2) is 24.3 Å². The number of nitrogens with one attached hydrogen (secondary N) is 2. The van der Waals surface area contributed by atoms with Crippen molar-refractivity contribution in [3.8, 4) is 0 Å². The summed E-state index contributed by atoms with van der Waals surface area (Å²) in [7, 11) is 0. The molecule has 0 bridgehead atoms. The zero-order chi connectivity index (χ0) is 18.2. The second-order valence-corrected chi connectivity index (χ2v) is 7.13. The third-order valence-electron chi connectivity index (χ3n) is 3.89. The molecule has 1 atom stereocenters. The van der Waals surface area contributed by atoms with E-state index >= 15 is 0 Å². The summed E-state index contributed by atoms with van der Waals surface area (Å²) < 4.78 is 0. The molecular formula is C19H30N2O3. The molecule has 0 aromatic heterocycles. The van der Waals surface area contributed by atoms with Crippen molar-refractivity contribution in [2.24, 2.45) is 11.3 Å². The molecule has 1 unspecified atom stereocenters. The summed E-state index contributed by atoms with van der Waals surface area (Å²) in [5.41, 5.74) is 0.440. The van der Waals surface area contributed by atoms with Gasteiger partial charge in [-0.3, -0.25) is 9.59 Å². The molecule has 0 aliphatic rings. The minimum atomic E-state index is -0.531. The Morgan fingerprint density at radius 3 is 2.42 bits per heavy atom. The Labute approximate surface area is 144 Å². The van der Waals surface area contributed by atoms with Crippen molar-refractivity contribution < 1.29 is 14.7 Å². The first-order chi connectivity index (χ1) is 11.3. The van der Waals surface area contributed by atoms with Crippen LogP contribution in [0.2, 0.25) is 0 Å². The fourth-order valence-electron chi connectivity index (χ4n) is 2.37. The molecule has 1 rings (SSSR count). The van der Waals surface area contributed by atoms with Gasteiger partial charge in [-0.1, -0.05) is 46.2 Å². The third-order valence-corrected chi connectivity index (χ3v) is 3.89. The molecular weight excluding hydrogens is 304 g/mol. The highest BCUT2D eigenvalue weighted by molar-refractivity contribution is 6.04. The van der Waals surface area contributed by atoms with Gasteiger partial charge in [0.25, 0.3) is 5.91 Å². The standard InChI is InChI=1S/C19H30N2O3/c1-5-8-14(11-12-22)13-20-17(23)15-9-6-7-10-16(15)21-18(24)19(2,3)4/h6-7,9-10,14,22H,5,8,11-13H2,1-4H3,(H,20,23)(H,21,24). The lowest BCUT2D eigenvalue weighted by Gasteiger charge is -2.20. The van der Waals surface area contributed by atoms with E-state index in [-0.39, 0.29) is 24.3 Å². The number of hydrogen-bond acceptors (Lipinski definition) is 3. The largest absolute Gasteiger partial charge is 0.396 e. The summed E-state index contributed by atoms with van der Waals surface area (Å²) in [5, 5.41) is 14.9. The smallest absolute Gasteiger partial charge is 0.253 e. The van der Waals surface area contributed by atoms with Gasteiger partial charge >= 0.3 is 0 Å². The first-order valence-electron chi connectivity index (χ1n) is 8.59. The van der Waals surface area contributed by atoms with Crippen molar-refractivity contribution in [1.82, 2.24) is 5.32 Å². The Hall–Kier alpha value is -1.88. The highest BCUT2D eigenvalue weighted by atomic mass is 16.3. The molecule has 134 valence electrons. The van der Waals surface area contributed by atoms with Gasteiger partial charge in [-0.2, -0.15) is 0 Å². The number of para-hydroxylation sites is 1. The molecule has 0 saturated heterocycles. The normalized spacial score (nSPS) is 12.5. The number of carbonyl (C=O) groups is 2. The molecule has 2 amide bonds. The van der Waals surface area contributed by atoms with Crippen LogP contribution in [-0.4, -0.2) is 30.1 Å². The Morgan fingerprint density at radius 1 is 1.17 bits per heavy atom. The molecule has 1 aromatic carbocycles. The molecule has 0 aliphatic carbocycles. The zero-order valence-corrected chi connectivity index (χ0v) is 15.2. The fraction of sp³-hybridized carbons (Fsp3) is 0.579. The number of carbonyl (C=O) groups excluding carboxylic acids is 2. The summed E-state index contributed by atoms with van der Waals surface area (Å²) >= 11 is 0. The first kappa shape index (κ1) is 20.2. The van der Waals surface area contributed by atoms with Gasteiger partial charge in [0.05, 0.1) is 11.3 Å². The molecule has 24 heavy (non-hydrogen) atoms. The van der Waals surface area contributed by atoms with Crippen LogP contribution in [-0.2, 0) is 4.79 Å². The lowest BCUT2D eigenvalue weighted by atomic mass is 9.95. The van der Waals surface area contributed by atoms with Gasteiger partial charge in [-0.25, -0.2) is 0 Å². The average molecular weight is 334 g/mol. The maximum absolute atomic E-state index is 12.5. The van der Waals surface area contributed by atoms with Gasteiger partial charge in [-0.15, -0.1) is 0 Å². The monoisotopic (exact) mass is 334 g/mol. The number of aliphatic hydroxyl groups excluding tert-OH is 1. The topological polar surface area (TPSA) is 78.4 Å². The summed E-state index contributed by atoms with van der Waals surface area (Å²) in [5.74, 6) is -0.0778. The average Bonchev–Trinajstić information content (AvgIpc) is 2.52. The van der Waals surface area contributed by atoms with Crippen LogP contribution in [0, 0.1) is 11.3 Å². The van der Waals surface area contributed by atoms with Crippen molar-refractivity contribution in [3.63, 3.8) is 0 Å². The van der Waals surface area contributed by atoms with E-state index in [4.69, 9.17) is 5.11 Å². The molecule has 0 heterocycles. The van der Waals surface area contributed by atoms with E-state index in [0.717, 1.165) is 12.8 Å². The van der Waals surface area contributed by atoms with Crippen LogP contribution >= 0.6 is 0 Å². The van der Waals surface area contributed by atoms with Gasteiger partial charge in [-0.05, 0) is 30.9 Å². The minimum Gasteiger partial charge on any atom is -0.396 e. The van der Waals surface area contributed by atoms with Gasteiger partial charge in [0.15, 0.2) is 0 Å². The number of benzene rings is 1. The second-order valence-electron chi connectivity index (χ2n) is 7.13. The fourth-order valence-corrected chi connectivity index (χ4v) is 2.37. The minimum absolute atomic E-state index is 0.124. The van der Waals surface area contributed by atoms with Crippen LogP contribution in [0.3, 0.4) is 0 Å². The van der Waals surface area contributed by atoms with Gasteiger partial charge < -0.3 is 15.7 Å². The SMILES string of the molecule is CCCC(CCO)CNC(=O)c1ccccc1NC(=O)C(C)(C)C. The molecule has 0 fully saturated rings. The summed E-state index contributed by atoms with van der Waals surface area (Å²) in [6.45, 7) is 8.22. The van der Waals surface area contributed by atoms with Crippen LogP contribution in [0.25, 0.3) is 0 Å². The van der Waals surface area contributed by atoms with Gasteiger partial charge in [0, 0.05) is 18.6 Å². The van der Waals surface area contributed by atoms with Crippen LogP contribution in [0.5, 0.6) is 0 Å². The summed E-state index contributed by atoms with van der Waals surface area (Å²) in [6.07, 6.45) is 2.65. The van der Waals surface area contributed by atoms with E-state index in [1.54, 1.807) is 24.3 Å².